The van der Waals surface area contributed by atoms with Crippen molar-refractivity contribution in [3.8, 4) is 22.1 Å². The Labute approximate surface area is 192 Å². The fourth-order valence-electron chi connectivity index (χ4n) is 3.71. The zero-order chi connectivity index (χ0) is 22.7. The molecule has 0 unspecified atom stereocenters. The molecule has 0 N–H and O–H groups in total. The zero-order valence-electron chi connectivity index (χ0n) is 18.7. The van der Waals surface area contributed by atoms with E-state index in [-0.39, 0.29) is 5.91 Å². The summed E-state index contributed by atoms with van der Waals surface area (Å²) in [5.41, 5.74) is 4.52. The molecule has 2 aromatic carbocycles. The SMILES string of the molecule is COc1ccc(CCN(C)C(=O)c2cc(-c3cccs3)nc3ccc(C)cc23)cc1OC. The standard InChI is InChI=1S/C26H26N2O3S/c1-17-7-9-21-19(14-17)20(16-22(27-21)25-6-5-13-32-25)26(29)28(2)12-11-18-8-10-23(30-3)24(15-18)31-4/h5-10,13-16H,11-12H2,1-4H3. The molecule has 164 valence electrons. The molecule has 6 heteroatoms. The fourth-order valence-corrected chi connectivity index (χ4v) is 4.39. The first-order valence-corrected chi connectivity index (χ1v) is 11.3. The molecule has 0 aliphatic carbocycles. The number of pyridine rings is 1. The minimum Gasteiger partial charge on any atom is -0.493 e. The number of ether oxygens (including phenoxy) is 2. The summed E-state index contributed by atoms with van der Waals surface area (Å²) in [5, 5.41) is 2.90. The van der Waals surface area contributed by atoms with Gasteiger partial charge in [0, 0.05) is 19.0 Å². The van der Waals surface area contributed by atoms with E-state index in [0.29, 0.717) is 30.0 Å². The number of thiophene rings is 1. The van der Waals surface area contributed by atoms with Crippen LogP contribution in [0.1, 0.15) is 21.5 Å². The Hall–Kier alpha value is -3.38. The number of carbonyl (C=O) groups is 1. The van der Waals surface area contributed by atoms with Crippen molar-refractivity contribution in [3.05, 3.63) is 76.7 Å². The average Bonchev–Trinajstić information content (AvgIpc) is 3.36. The number of hydrogen-bond acceptors (Lipinski definition) is 5. The highest BCUT2D eigenvalue weighted by Gasteiger charge is 2.18. The van der Waals surface area contributed by atoms with Crippen LogP contribution in [0.4, 0.5) is 0 Å². The van der Waals surface area contributed by atoms with Crippen LogP contribution in [0.3, 0.4) is 0 Å². The smallest absolute Gasteiger partial charge is 0.254 e. The van der Waals surface area contributed by atoms with Crippen LogP contribution in [0.25, 0.3) is 21.5 Å². The number of aromatic nitrogens is 1. The fraction of sp³-hybridized carbons (Fsp3) is 0.231. The molecule has 4 rings (SSSR count). The highest BCUT2D eigenvalue weighted by atomic mass is 32.1. The Morgan fingerprint density at radius 1 is 1.03 bits per heavy atom. The maximum Gasteiger partial charge on any atom is 0.254 e. The second-order valence-electron chi connectivity index (χ2n) is 7.72. The monoisotopic (exact) mass is 446 g/mol. The molecule has 0 spiro atoms. The van der Waals surface area contributed by atoms with Crippen LogP contribution in [0.5, 0.6) is 11.5 Å². The van der Waals surface area contributed by atoms with Gasteiger partial charge >= 0.3 is 0 Å². The van der Waals surface area contributed by atoms with Crippen LogP contribution in [-0.4, -0.2) is 43.6 Å². The number of likely N-dealkylation sites (N-methyl/N-ethyl adjacent to an activating group) is 1. The topological polar surface area (TPSA) is 51.7 Å². The van der Waals surface area contributed by atoms with Gasteiger partial charge in [-0.3, -0.25) is 4.79 Å². The van der Waals surface area contributed by atoms with Crippen LogP contribution >= 0.6 is 11.3 Å². The lowest BCUT2D eigenvalue weighted by molar-refractivity contribution is 0.0798. The summed E-state index contributed by atoms with van der Waals surface area (Å²) in [7, 11) is 5.09. The molecule has 0 aliphatic heterocycles. The third-order valence-corrected chi connectivity index (χ3v) is 6.39. The normalized spacial score (nSPS) is 10.9. The Morgan fingerprint density at radius 3 is 2.56 bits per heavy atom. The molecule has 0 atom stereocenters. The highest BCUT2D eigenvalue weighted by molar-refractivity contribution is 7.13. The van der Waals surface area contributed by atoms with Crippen molar-refractivity contribution >= 4 is 28.1 Å². The summed E-state index contributed by atoms with van der Waals surface area (Å²) in [5.74, 6) is 1.37. The number of methoxy groups -OCH3 is 2. The van der Waals surface area contributed by atoms with Crippen LogP contribution in [0, 0.1) is 6.92 Å². The molecule has 0 radical (unpaired) electrons. The quantitative estimate of drug-likeness (QED) is 0.371. The number of hydrogen-bond donors (Lipinski definition) is 0. The van der Waals surface area contributed by atoms with Gasteiger partial charge < -0.3 is 14.4 Å². The van der Waals surface area contributed by atoms with E-state index in [4.69, 9.17) is 14.5 Å². The van der Waals surface area contributed by atoms with Crippen LogP contribution in [-0.2, 0) is 6.42 Å². The summed E-state index contributed by atoms with van der Waals surface area (Å²) in [6.45, 7) is 2.61. The number of nitrogens with zero attached hydrogens (tertiary/aromatic N) is 2. The number of fused-ring (bicyclic) bond motifs is 1. The molecule has 0 aliphatic rings. The second-order valence-corrected chi connectivity index (χ2v) is 8.67. The molecule has 0 bridgehead atoms. The summed E-state index contributed by atoms with van der Waals surface area (Å²) in [4.78, 5) is 21.1. The lowest BCUT2D eigenvalue weighted by Crippen LogP contribution is -2.29. The molecule has 32 heavy (non-hydrogen) atoms. The lowest BCUT2D eigenvalue weighted by atomic mass is 10.0. The van der Waals surface area contributed by atoms with Crippen molar-refractivity contribution in [2.24, 2.45) is 0 Å². The number of aryl methyl sites for hydroxylation is 1. The Morgan fingerprint density at radius 2 is 1.84 bits per heavy atom. The summed E-state index contributed by atoms with van der Waals surface area (Å²) in [6, 6.07) is 17.9. The number of benzene rings is 2. The molecule has 1 amide bonds. The van der Waals surface area contributed by atoms with Crippen molar-refractivity contribution in [3.63, 3.8) is 0 Å². The van der Waals surface area contributed by atoms with E-state index in [2.05, 4.69) is 0 Å². The van der Waals surface area contributed by atoms with Crippen LogP contribution in [0.2, 0.25) is 0 Å². The number of rotatable bonds is 7. The van der Waals surface area contributed by atoms with Gasteiger partial charge in [-0.25, -0.2) is 4.98 Å². The average molecular weight is 447 g/mol. The highest BCUT2D eigenvalue weighted by Crippen LogP contribution is 2.30. The summed E-state index contributed by atoms with van der Waals surface area (Å²) in [6.07, 6.45) is 0.711. The number of carbonyl (C=O) groups excluding carboxylic acids is 1. The second kappa shape index (κ2) is 9.40. The summed E-state index contributed by atoms with van der Waals surface area (Å²) < 4.78 is 10.7. The van der Waals surface area contributed by atoms with Gasteiger partial charge in [-0.2, -0.15) is 0 Å². The Bertz CT molecular complexity index is 1250. The maximum absolute atomic E-state index is 13.5. The van der Waals surface area contributed by atoms with Gasteiger partial charge in [0.2, 0.25) is 0 Å². The molecule has 2 aromatic heterocycles. The lowest BCUT2D eigenvalue weighted by Gasteiger charge is -2.19. The van der Waals surface area contributed by atoms with E-state index in [1.807, 2.05) is 73.9 Å². The van der Waals surface area contributed by atoms with Crippen molar-refractivity contribution in [2.45, 2.75) is 13.3 Å². The summed E-state index contributed by atoms with van der Waals surface area (Å²) >= 11 is 1.62. The van der Waals surface area contributed by atoms with Gasteiger partial charge in [-0.1, -0.05) is 23.8 Å². The van der Waals surface area contributed by atoms with Crippen molar-refractivity contribution in [1.29, 1.82) is 0 Å². The van der Waals surface area contributed by atoms with E-state index in [0.717, 1.165) is 32.6 Å². The van der Waals surface area contributed by atoms with Crippen LogP contribution < -0.4 is 9.47 Å². The minimum absolute atomic E-state index is 0.0127. The van der Waals surface area contributed by atoms with Gasteiger partial charge in [-0.15, -0.1) is 11.3 Å². The molecule has 0 fully saturated rings. The third kappa shape index (κ3) is 4.46. The molecule has 2 heterocycles. The molecule has 0 saturated heterocycles. The minimum atomic E-state index is -0.0127. The predicted molar refractivity (Wildman–Crippen MR) is 130 cm³/mol. The van der Waals surface area contributed by atoms with Gasteiger partial charge in [0.1, 0.15) is 0 Å². The Kier molecular flexibility index (Phi) is 6.42. The van der Waals surface area contributed by atoms with Crippen molar-refractivity contribution < 1.29 is 14.3 Å². The van der Waals surface area contributed by atoms with E-state index < -0.39 is 0 Å². The van der Waals surface area contributed by atoms with Crippen molar-refractivity contribution in [1.82, 2.24) is 9.88 Å². The molecule has 5 nitrogen and oxygen atoms in total. The van der Waals surface area contributed by atoms with E-state index in [9.17, 15) is 4.79 Å². The van der Waals surface area contributed by atoms with E-state index in [1.54, 1.807) is 30.5 Å². The first-order valence-electron chi connectivity index (χ1n) is 10.4. The van der Waals surface area contributed by atoms with Crippen molar-refractivity contribution in [2.75, 3.05) is 27.8 Å². The Balaban J connectivity index is 1.62. The first-order chi connectivity index (χ1) is 15.5. The van der Waals surface area contributed by atoms with Gasteiger partial charge in [-0.05, 0) is 60.7 Å². The predicted octanol–water partition coefficient (Wildman–Crippen LogP) is 5.60. The maximum atomic E-state index is 13.5. The zero-order valence-corrected chi connectivity index (χ0v) is 19.5. The van der Waals surface area contributed by atoms with Crippen LogP contribution in [0.15, 0.2) is 60.0 Å². The van der Waals surface area contributed by atoms with Gasteiger partial charge in [0.25, 0.3) is 5.91 Å². The van der Waals surface area contributed by atoms with Gasteiger partial charge in [0.15, 0.2) is 11.5 Å². The van der Waals surface area contributed by atoms with E-state index >= 15 is 0 Å². The van der Waals surface area contributed by atoms with Gasteiger partial charge in [0.05, 0.1) is 35.9 Å². The molecular formula is C26H26N2O3S. The molecule has 0 saturated carbocycles. The first kappa shape index (κ1) is 21.8. The number of amides is 1. The largest absolute Gasteiger partial charge is 0.493 e. The molecular weight excluding hydrogens is 420 g/mol. The van der Waals surface area contributed by atoms with E-state index in [1.165, 1.54) is 0 Å². The molecule has 4 aromatic rings. The third-order valence-electron chi connectivity index (χ3n) is 5.50.